The van der Waals surface area contributed by atoms with Gasteiger partial charge in [-0.3, -0.25) is 14.5 Å². The second-order valence-electron chi connectivity index (χ2n) is 5.74. The van der Waals surface area contributed by atoms with E-state index in [1.807, 2.05) is 25.7 Å². The minimum Gasteiger partial charge on any atom is -0.481 e. The first-order valence-corrected chi connectivity index (χ1v) is 7.23. The highest BCUT2D eigenvalue weighted by atomic mass is 16.5. The lowest BCUT2D eigenvalue weighted by atomic mass is 9.99. The highest BCUT2D eigenvalue weighted by molar-refractivity contribution is 5.78. The average Bonchev–Trinajstić information content (AvgIpc) is 2.69. The van der Waals surface area contributed by atoms with Gasteiger partial charge in [-0.15, -0.1) is 0 Å². The van der Waals surface area contributed by atoms with E-state index in [4.69, 9.17) is 9.84 Å². The molecule has 20 heavy (non-hydrogen) atoms. The molecule has 0 aromatic heterocycles. The van der Waals surface area contributed by atoms with Crippen molar-refractivity contribution < 1.29 is 19.4 Å². The maximum atomic E-state index is 11.7. The molecule has 0 radical (unpaired) electrons. The molecule has 1 aliphatic rings. The molecule has 0 bridgehead atoms. The van der Waals surface area contributed by atoms with E-state index in [-0.39, 0.29) is 30.4 Å². The molecule has 1 fully saturated rings. The van der Waals surface area contributed by atoms with Crippen LogP contribution in [0.4, 0.5) is 0 Å². The summed E-state index contributed by atoms with van der Waals surface area (Å²) >= 11 is 0. The molecule has 116 valence electrons. The van der Waals surface area contributed by atoms with E-state index >= 15 is 0 Å². The van der Waals surface area contributed by atoms with Gasteiger partial charge in [0.2, 0.25) is 5.91 Å². The highest BCUT2D eigenvalue weighted by Gasteiger charge is 2.35. The third-order valence-electron chi connectivity index (χ3n) is 3.47. The van der Waals surface area contributed by atoms with E-state index in [0.717, 1.165) is 6.42 Å². The smallest absolute Gasteiger partial charge is 0.308 e. The van der Waals surface area contributed by atoms with Gasteiger partial charge in [-0.05, 0) is 26.2 Å². The number of carboxylic acids is 1. The SMILES string of the molecule is CC(C)OCCCNC(=O)CN1C[C@@H](C)[C@H](C(=O)O)C1. The molecular formula is C14H26N2O4. The van der Waals surface area contributed by atoms with E-state index in [0.29, 0.717) is 26.2 Å². The number of rotatable bonds is 8. The van der Waals surface area contributed by atoms with Crippen molar-refractivity contribution in [1.29, 1.82) is 0 Å². The van der Waals surface area contributed by atoms with Gasteiger partial charge < -0.3 is 15.2 Å². The third kappa shape index (κ3) is 5.88. The summed E-state index contributed by atoms with van der Waals surface area (Å²) in [5.74, 6) is -1.08. The number of nitrogens with zero attached hydrogens (tertiary/aromatic N) is 1. The predicted molar refractivity (Wildman–Crippen MR) is 75.4 cm³/mol. The van der Waals surface area contributed by atoms with Crippen LogP contribution < -0.4 is 5.32 Å². The molecule has 1 rings (SSSR count). The minimum absolute atomic E-state index is 0.0483. The van der Waals surface area contributed by atoms with Crippen molar-refractivity contribution in [3.8, 4) is 0 Å². The minimum atomic E-state index is -0.772. The van der Waals surface area contributed by atoms with Crippen molar-refractivity contribution in [2.75, 3.05) is 32.8 Å². The zero-order valence-corrected chi connectivity index (χ0v) is 12.6. The Bertz CT molecular complexity index is 333. The Morgan fingerprint density at radius 2 is 2.10 bits per heavy atom. The monoisotopic (exact) mass is 286 g/mol. The average molecular weight is 286 g/mol. The standard InChI is InChI=1S/C14H26N2O4/c1-10(2)20-6-4-5-15-13(17)9-16-7-11(3)12(8-16)14(18)19/h10-12H,4-9H2,1-3H3,(H,15,17)(H,18,19)/t11-,12-/m1/s1. The van der Waals surface area contributed by atoms with Crippen molar-refractivity contribution in [2.45, 2.75) is 33.3 Å². The van der Waals surface area contributed by atoms with Crippen LogP contribution in [0.1, 0.15) is 27.2 Å². The number of amides is 1. The molecule has 1 amide bonds. The summed E-state index contributed by atoms with van der Waals surface area (Å²) in [4.78, 5) is 24.6. The summed E-state index contributed by atoms with van der Waals surface area (Å²) in [6.45, 7) is 8.51. The van der Waals surface area contributed by atoms with Crippen molar-refractivity contribution >= 4 is 11.9 Å². The van der Waals surface area contributed by atoms with E-state index in [1.54, 1.807) is 0 Å². The van der Waals surface area contributed by atoms with Gasteiger partial charge in [0.1, 0.15) is 0 Å². The molecule has 0 saturated carbocycles. The number of aliphatic carboxylic acids is 1. The van der Waals surface area contributed by atoms with Crippen LogP contribution >= 0.6 is 0 Å². The lowest BCUT2D eigenvalue weighted by molar-refractivity contribution is -0.142. The van der Waals surface area contributed by atoms with E-state index in [1.165, 1.54) is 0 Å². The number of carbonyl (C=O) groups is 2. The normalized spacial score (nSPS) is 23.2. The Kier molecular flexibility index (Phi) is 6.95. The second kappa shape index (κ2) is 8.21. The maximum absolute atomic E-state index is 11.7. The Hall–Kier alpha value is -1.14. The summed E-state index contributed by atoms with van der Waals surface area (Å²) in [6, 6.07) is 0. The molecule has 0 aromatic carbocycles. The summed E-state index contributed by atoms with van der Waals surface area (Å²) in [7, 11) is 0. The molecule has 2 atom stereocenters. The van der Waals surface area contributed by atoms with Gasteiger partial charge in [-0.2, -0.15) is 0 Å². The fourth-order valence-electron chi connectivity index (χ4n) is 2.40. The Balaban J connectivity index is 2.15. The molecular weight excluding hydrogens is 260 g/mol. The first-order chi connectivity index (χ1) is 9.40. The van der Waals surface area contributed by atoms with Crippen LogP contribution in [0.15, 0.2) is 0 Å². The molecule has 2 N–H and O–H groups in total. The Labute approximate surface area is 120 Å². The molecule has 6 nitrogen and oxygen atoms in total. The lowest BCUT2D eigenvalue weighted by Crippen LogP contribution is -2.37. The summed E-state index contributed by atoms with van der Waals surface area (Å²) in [5, 5.41) is 11.9. The number of hydrogen-bond acceptors (Lipinski definition) is 4. The number of likely N-dealkylation sites (tertiary alicyclic amines) is 1. The highest BCUT2D eigenvalue weighted by Crippen LogP contribution is 2.22. The topological polar surface area (TPSA) is 78.9 Å². The Morgan fingerprint density at radius 1 is 1.40 bits per heavy atom. The van der Waals surface area contributed by atoms with Gasteiger partial charge in [-0.25, -0.2) is 0 Å². The third-order valence-corrected chi connectivity index (χ3v) is 3.47. The molecule has 6 heteroatoms. The molecule has 0 aliphatic carbocycles. The number of carbonyl (C=O) groups excluding carboxylic acids is 1. The van der Waals surface area contributed by atoms with Crippen LogP contribution in [-0.2, 0) is 14.3 Å². The number of hydrogen-bond donors (Lipinski definition) is 2. The first-order valence-electron chi connectivity index (χ1n) is 7.23. The first kappa shape index (κ1) is 16.9. The number of ether oxygens (including phenoxy) is 1. The fourth-order valence-corrected chi connectivity index (χ4v) is 2.40. The van der Waals surface area contributed by atoms with Crippen LogP contribution in [0, 0.1) is 11.8 Å². The van der Waals surface area contributed by atoms with Crippen LogP contribution in [0.5, 0.6) is 0 Å². The number of carboxylic acid groups (broad SMARTS) is 1. The largest absolute Gasteiger partial charge is 0.481 e. The molecule has 1 saturated heterocycles. The Morgan fingerprint density at radius 3 is 2.65 bits per heavy atom. The molecule has 0 spiro atoms. The summed E-state index contributed by atoms with van der Waals surface area (Å²) < 4.78 is 5.38. The van der Waals surface area contributed by atoms with Crippen LogP contribution in [0.25, 0.3) is 0 Å². The summed E-state index contributed by atoms with van der Waals surface area (Å²) in [6.07, 6.45) is 1.00. The van der Waals surface area contributed by atoms with Crippen LogP contribution in [-0.4, -0.2) is 60.8 Å². The van der Waals surface area contributed by atoms with Gasteiger partial charge >= 0.3 is 5.97 Å². The predicted octanol–water partition coefficient (Wildman–Crippen LogP) is 0.570. The van der Waals surface area contributed by atoms with Crippen LogP contribution in [0.2, 0.25) is 0 Å². The van der Waals surface area contributed by atoms with E-state index in [2.05, 4.69) is 5.32 Å². The second-order valence-corrected chi connectivity index (χ2v) is 5.74. The van der Waals surface area contributed by atoms with Gasteiger partial charge in [0.15, 0.2) is 0 Å². The maximum Gasteiger partial charge on any atom is 0.308 e. The van der Waals surface area contributed by atoms with Crippen molar-refractivity contribution in [1.82, 2.24) is 10.2 Å². The quantitative estimate of drug-likeness (QED) is 0.638. The van der Waals surface area contributed by atoms with Crippen LogP contribution in [0.3, 0.4) is 0 Å². The number of nitrogens with one attached hydrogen (secondary N) is 1. The van der Waals surface area contributed by atoms with Gasteiger partial charge in [0.05, 0.1) is 18.6 Å². The van der Waals surface area contributed by atoms with Crippen molar-refractivity contribution in [3.05, 3.63) is 0 Å². The zero-order valence-electron chi connectivity index (χ0n) is 12.6. The zero-order chi connectivity index (χ0) is 15.1. The van der Waals surface area contributed by atoms with Crippen molar-refractivity contribution in [3.63, 3.8) is 0 Å². The van der Waals surface area contributed by atoms with Crippen molar-refractivity contribution in [2.24, 2.45) is 11.8 Å². The van der Waals surface area contributed by atoms with E-state index < -0.39 is 5.97 Å². The van der Waals surface area contributed by atoms with E-state index in [9.17, 15) is 9.59 Å². The molecule has 0 unspecified atom stereocenters. The van der Waals surface area contributed by atoms with Gasteiger partial charge in [-0.1, -0.05) is 6.92 Å². The molecule has 0 aromatic rings. The lowest BCUT2D eigenvalue weighted by Gasteiger charge is -2.15. The van der Waals surface area contributed by atoms with Gasteiger partial charge in [0, 0.05) is 26.2 Å². The molecule has 1 aliphatic heterocycles. The molecule has 1 heterocycles. The summed E-state index contributed by atoms with van der Waals surface area (Å²) in [5.41, 5.74) is 0. The van der Waals surface area contributed by atoms with Gasteiger partial charge in [0.25, 0.3) is 0 Å². The fraction of sp³-hybridized carbons (Fsp3) is 0.857.